The number of aliphatic carboxylic acids is 1. The number of carbonyl (C=O) groups excluding carboxylic acids is 1. The topological polar surface area (TPSA) is 91.8 Å². The second kappa shape index (κ2) is 8.60. The van der Waals surface area contributed by atoms with Crippen LogP contribution >= 0.6 is 0 Å². The van der Waals surface area contributed by atoms with Gasteiger partial charge in [-0.15, -0.1) is 0 Å². The van der Waals surface area contributed by atoms with Crippen molar-refractivity contribution in [2.75, 3.05) is 31.4 Å². The summed E-state index contributed by atoms with van der Waals surface area (Å²) in [5, 5.41) is 13.3. The molecule has 7 nitrogen and oxygen atoms in total. The van der Waals surface area contributed by atoms with E-state index in [4.69, 9.17) is 9.84 Å². The summed E-state index contributed by atoms with van der Waals surface area (Å²) in [6, 6.07) is 15.4. The quantitative estimate of drug-likeness (QED) is 0.635. The van der Waals surface area contributed by atoms with E-state index in [0.717, 1.165) is 22.0 Å². The second-order valence-electron chi connectivity index (χ2n) is 6.83. The number of benzene rings is 2. The molecule has 0 radical (unpaired) electrons. The number of pyridine rings is 1. The monoisotopic (exact) mass is 393 g/mol. The summed E-state index contributed by atoms with van der Waals surface area (Å²) in [4.78, 5) is 29.7. The number of anilines is 2. The molecule has 2 aromatic carbocycles. The molecular formula is C22H23N3O4. The molecule has 7 heteroatoms. The summed E-state index contributed by atoms with van der Waals surface area (Å²) in [6.45, 7) is 0. The Hall–Kier alpha value is -3.61. The zero-order chi connectivity index (χ0) is 21.0. The number of carboxylic acids is 1. The van der Waals surface area contributed by atoms with Crippen molar-refractivity contribution in [2.45, 2.75) is 12.8 Å². The molecule has 1 heterocycles. The van der Waals surface area contributed by atoms with Crippen molar-refractivity contribution in [3.05, 3.63) is 48.5 Å². The Morgan fingerprint density at radius 2 is 1.90 bits per heavy atom. The molecule has 0 aliphatic heterocycles. The van der Waals surface area contributed by atoms with E-state index in [-0.39, 0.29) is 18.7 Å². The number of carbonyl (C=O) groups is 2. The van der Waals surface area contributed by atoms with Crippen LogP contribution in [0.1, 0.15) is 12.8 Å². The maximum atomic E-state index is 12.3. The van der Waals surface area contributed by atoms with Crippen LogP contribution in [-0.4, -0.2) is 43.2 Å². The lowest BCUT2D eigenvalue weighted by atomic mass is 10.1. The molecule has 0 unspecified atom stereocenters. The summed E-state index contributed by atoms with van der Waals surface area (Å²) in [7, 11) is 5.47. The third kappa shape index (κ3) is 4.82. The largest absolute Gasteiger partial charge is 0.497 e. The first-order valence-corrected chi connectivity index (χ1v) is 9.15. The second-order valence-corrected chi connectivity index (χ2v) is 6.83. The Morgan fingerprint density at radius 1 is 1.10 bits per heavy atom. The van der Waals surface area contributed by atoms with Gasteiger partial charge in [-0.3, -0.25) is 9.59 Å². The first-order valence-electron chi connectivity index (χ1n) is 9.15. The lowest BCUT2D eigenvalue weighted by Gasteiger charge is -2.16. The van der Waals surface area contributed by atoms with Crippen molar-refractivity contribution in [2.24, 2.45) is 0 Å². The maximum absolute atomic E-state index is 12.3. The lowest BCUT2D eigenvalue weighted by Crippen LogP contribution is -2.15. The van der Waals surface area contributed by atoms with Crippen LogP contribution in [0.15, 0.2) is 48.5 Å². The fraction of sp³-hybridized carbons (Fsp3) is 0.227. The summed E-state index contributed by atoms with van der Waals surface area (Å²) in [5.41, 5.74) is 2.50. The van der Waals surface area contributed by atoms with Crippen LogP contribution in [0.4, 0.5) is 11.5 Å². The van der Waals surface area contributed by atoms with E-state index in [2.05, 4.69) is 10.3 Å². The SMILES string of the molecule is COc1cccc(-c2cc3ccc(N(C)C)cc3c(NC(=O)CCC(=O)O)n2)c1. The predicted octanol–water partition coefficient (Wildman–Crippen LogP) is 3.78. The summed E-state index contributed by atoms with van der Waals surface area (Å²) in [5.74, 6) is -0.295. The predicted molar refractivity (Wildman–Crippen MR) is 114 cm³/mol. The number of carboxylic acid groups (broad SMARTS) is 1. The first-order chi connectivity index (χ1) is 13.9. The number of fused-ring (bicyclic) bond motifs is 1. The minimum atomic E-state index is -1.02. The summed E-state index contributed by atoms with van der Waals surface area (Å²) in [6.07, 6.45) is -0.350. The highest BCUT2D eigenvalue weighted by Crippen LogP contribution is 2.31. The van der Waals surface area contributed by atoms with E-state index in [1.165, 1.54) is 0 Å². The van der Waals surface area contributed by atoms with Crippen LogP contribution in [0.5, 0.6) is 5.75 Å². The zero-order valence-electron chi connectivity index (χ0n) is 16.6. The van der Waals surface area contributed by atoms with Crippen LogP contribution in [0.3, 0.4) is 0 Å². The average Bonchev–Trinajstić information content (AvgIpc) is 2.71. The van der Waals surface area contributed by atoms with Crippen molar-refractivity contribution in [1.82, 2.24) is 4.98 Å². The average molecular weight is 393 g/mol. The molecule has 150 valence electrons. The van der Waals surface area contributed by atoms with Gasteiger partial charge in [-0.1, -0.05) is 18.2 Å². The van der Waals surface area contributed by atoms with Crippen LogP contribution in [-0.2, 0) is 9.59 Å². The Kier molecular flexibility index (Phi) is 5.97. The Balaban J connectivity index is 2.08. The number of hydrogen-bond acceptors (Lipinski definition) is 5. The van der Waals surface area contributed by atoms with Gasteiger partial charge < -0.3 is 20.1 Å². The molecule has 0 atom stereocenters. The van der Waals surface area contributed by atoms with Crippen molar-refractivity contribution in [1.29, 1.82) is 0 Å². The van der Waals surface area contributed by atoms with Crippen LogP contribution < -0.4 is 15.0 Å². The van der Waals surface area contributed by atoms with Gasteiger partial charge in [0.1, 0.15) is 11.6 Å². The van der Waals surface area contributed by atoms with E-state index in [9.17, 15) is 9.59 Å². The van der Waals surface area contributed by atoms with Gasteiger partial charge in [-0.25, -0.2) is 4.98 Å². The number of nitrogens with one attached hydrogen (secondary N) is 1. The third-order valence-electron chi connectivity index (χ3n) is 4.52. The molecule has 3 rings (SSSR count). The molecule has 0 aliphatic carbocycles. The van der Waals surface area contributed by atoms with Crippen LogP contribution in [0.2, 0.25) is 0 Å². The highest BCUT2D eigenvalue weighted by molar-refractivity contribution is 6.03. The van der Waals surface area contributed by atoms with Crippen molar-refractivity contribution in [3.63, 3.8) is 0 Å². The van der Waals surface area contributed by atoms with E-state index in [1.807, 2.05) is 67.5 Å². The Bertz CT molecular complexity index is 1060. The van der Waals surface area contributed by atoms with E-state index >= 15 is 0 Å². The van der Waals surface area contributed by atoms with Gasteiger partial charge in [0.05, 0.1) is 19.2 Å². The standard InChI is InChI=1S/C22H23N3O4/c1-25(2)16-8-7-14-12-19(15-5-4-6-17(11-15)29-3)23-22(18(14)13-16)24-20(26)9-10-21(27)28/h4-8,11-13H,9-10H2,1-3H3,(H,27,28)(H,23,24,26). The van der Waals surface area contributed by atoms with Crippen molar-refractivity contribution < 1.29 is 19.4 Å². The van der Waals surface area contributed by atoms with Gasteiger partial charge in [0.25, 0.3) is 0 Å². The van der Waals surface area contributed by atoms with Gasteiger partial charge >= 0.3 is 5.97 Å². The molecule has 0 aliphatic rings. The number of hydrogen-bond donors (Lipinski definition) is 2. The third-order valence-corrected chi connectivity index (χ3v) is 4.52. The minimum absolute atomic E-state index is 0.116. The smallest absolute Gasteiger partial charge is 0.303 e. The van der Waals surface area contributed by atoms with Gasteiger partial charge in [-0.2, -0.15) is 0 Å². The van der Waals surface area contributed by atoms with Crippen molar-refractivity contribution >= 4 is 34.2 Å². The molecule has 0 saturated carbocycles. The Labute approximate surface area is 168 Å². The fourth-order valence-corrected chi connectivity index (χ4v) is 2.95. The van der Waals surface area contributed by atoms with E-state index in [0.29, 0.717) is 17.3 Å². The molecule has 0 spiro atoms. The molecule has 0 saturated heterocycles. The number of rotatable bonds is 7. The van der Waals surface area contributed by atoms with Crippen molar-refractivity contribution in [3.8, 4) is 17.0 Å². The number of aromatic nitrogens is 1. The zero-order valence-corrected chi connectivity index (χ0v) is 16.6. The molecule has 3 aromatic rings. The van der Waals surface area contributed by atoms with Crippen LogP contribution in [0.25, 0.3) is 22.0 Å². The molecule has 0 fully saturated rings. The normalized spacial score (nSPS) is 10.6. The van der Waals surface area contributed by atoms with E-state index in [1.54, 1.807) is 7.11 Å². The minimum Gasteiger partial charge on any atom is -0.497 e. The summed E-state index contributed by atoms with van der Waals surface area (Å²) >= 11 is 0. The first kappa shape index (κ1) is 20.1. The van der Waals surface area contributed by atoms with Gasteiger partial charge in [0, 0.05) is 37.2 Å². The molecule has 29 heavy (non-hydrogen) atoms. The summed E-state index contributed by atoms with van der Waals surface area (Å²) < 4.78 is 5.30. The van der Waals surface area contributed by atoms with Crippen LogP contribution in [0, 0.1) is 0 Å². The fourth-order valence-electron chi connectivity index (χ4n) is 2.95. The lowest BCUT2D eigenvalue weighted by molar-refractivity contribution is -0.138. The molecule has 1 amide bonds. The molecule has 1 aromatic heterocycles. The number of nitrogens with zero attached hydrogens (tertiary/aromatic N) is 2. The maximum Gasteiger partial charge on any atom is 0.303 e. The molecule has 2 N–H and O–H groups in total. The van der Waals surface area contributed by atoms with Gasteiger partial charge in [-0.05, 0) is 35.7 Å². The number of amides is 1. The Morgan fingerprint density at radius 3 is 2.59 bits per heavy atom. The molecule has 0 bridgehead atoms. The number of methoxy groups -OCH3 is 1. The molecular weight excluding hydrogens is 370 g/mol. The van der Waals surface area contributed by atoms with Gasteiger partial charge in [0.2, 0.25) is 5.91 Å². The van der Waals surface area contributed by atoms with Gasteiger partial charge in [0.15, 0.2) is 0 Å². The highest BCUT2D eigenvalue weighted by atomic mass is 16.5. The highest BCUT2D eigenvalue weighted by Gasteiger charge is 2.13. The van der Waals surface area contributed by atoms with E-state index < -0.39 is 5.97 Å². The number of ether oxygens (including phenoxy) is 1.